The Morgan fingerprint density at radius 1 is 1.48 bits per heavy atom. The molecule has 0 unspecified atom stereocenters. The Labute approximate surface area is 124 Å². The van der Waals surface area contributed by atoms with E-state index in [-0.39, 0.29) is 11.9 Å². The van der Waals surface area contributed by atoms with Gasteiger partial charge >= 0.3 is 0 Å². The van der Waals surface area contributed by atoms with Crippen molar-refractivity contribution in [3.8, 4) is 0 Å². The van der Waals surface area contributed by atoms with Crippen LogP contribution in [0.15, 0.2) is 12.5 Å². The highest BCUT2D eigenvalue weighted by Gasteiger charge is 2.19. The van der Waals surface area contributed by atoms with Gasteiger partial charge in [0.15, 0.2) is 5.82 Å². The van der Waals surface area contributed by atoms with Crippen LogP contribution in [0.3, 0.4) is 0 Å². The van der Waals surface area contributed by atoms with Crippen LogP contribution in [-0.2, 0) is 13.0 Å². The molecule has 0 bridgehead atoms. The summed E-state index contributed by atoms with van der Waals surface area (Å²) in [5.74, 6) is 0.729. The van der Waals surface area contributed by atoms with E-state index in [0.717, 1.165) is 24.4 Å². The molecule has 0 aliphatic heterocycles. The first-order chi connectivity index (χ1) is 10.0. The van der Waals surface area contributed by atoms with Crippen LogP contribution in [0.1, 0.15) is 55.1 Å². The van der Waals surface area contributed by atoms with Gasteiger partial charge in [-0.2, -0.15) is 5.10 Å². The van der Waals surface area contributed by atoms with E-state index in [9.17, 15) is 4.79 Å². The van der Waals surface area contributed by atoms with Crippen LogP contribution in [0.25, 0.3) is 0 Å². The summed E-state index contributed by atoms with van der Waals surface area (Å²) in [5, 5.41) is 14.9. The fraction of sp³-hybridized carbons (Fsp3) is 0.571. The number of amides is 1. The van der Waals surface area contributed by atoms with E-state index in [1.54, 1.807) is 24.5 Å². The van der Waals surface area contributed by atoms with Crippen molar-refractivity contribution in [3.63, 3.8) is 0 Å². The fourth-order valence-electron chi connectivity index (χ4n) is 2.24. The maximum atomic E-state index is 12.5. The van der Waals surface area contributed by atoms with Crippen LogP contribution in [0.4, 0.5) is 0 Å². The Balaban J connectivity index is 2.12. The summed E-state index contributed by atoms with van der Waals surface area (Å²) in [6.45, 7) is 6.62. The van der Waals surface area contributed by atoms with E-state index in [1.165, 1.54) is 0 Å². The van der Waals surface area contributed by atoms with Gasteiger partial charge in [0.25, 0.3) is 5.91 Å². The molecule has 0 saturated carbocycles. The van der Waals surface area contributed by atoms with Crippen molar-refractivity contribution in [2.75, 3.05) is 7.05 Å². The number of aryl methyl sites for hydroxylation is 1. The van der Waals surface area contributed by atoms with Gasteiger partial charge in [-0.25, -0.2) is 0 Å². The molecule has 114 valence electrons. The van der Waals surface area contributed by atoms with Gasteiger partial charge in [0, 0.05) is 18.8 Å². The van der Waals surface area contributed by atoms with Crippen molar-refractivity contribution >= 4 is 5.91 Å². The van der Waals surface area contributed by atoms with E-state index in [1.807, 2.05) is 4.57 Å². The number of aromatic amines is 1. The number of nitrogens with zero attached hydrogens (tertiary/aromatic N) is 5. The zero-order valence-electron chi connectivity index (χ0n) is 13.0. The normalized spacial score (nSPS) is 11.1. The minimum Gasteiger partial charge on any atom is -0.334 e. The number of H-pyrrole nitrogens is 1. The van der Waals surface area contributed by atoms with Gasteiger partial charge in [-0.05, 0) is 20.3 Å². The predicted octanol–water partition coefficient (Wildman–Crippen LogP) is 1.81. The number of hydrogen-bond donors (Lipinski definition) is 1. The van der Waals surface area contributed by atoms with Gasteiger partial charge in [0.1, 0.15) is 6.33 Å². The third-order valence-electron chi connectivity index (χ3n) is 3.38. The summed E-state index contributed by atoms with van der Waals surface area (Å²) < 4.78 is 1.96. The molecule has 7 heteroatoms. The Hall–Kier alpha value is -2.18. The van der Waals surface area contributed by atoms with Crippen molar-refractivity contribution in [1.29, 1.82) is 0 Å². The second kappa shape index (κ2) is 6.51. The lowest BCUT2D eigenvalue weighted by Crippen LogP contribution is -2.28. The second-order valence-electron chi connectivity index (χ2n) is 5.42. The zero-order valence-corrected chi connectivity index (χ0v) is 13.0. The average molecular weight is 290 g/mol. The number of aromatic nitrogens is 5. The molecule has 0 saturated heterocycles. The Bertz CT molecular complexity index is 600. The molecule has 0 aliphatic rings. The van der Waals surface area contributed by atoms with Crippen molar-refractivity contribution in [2.24, 2.45) is 0 Å². The lowest BCUT2D eigenvalue weighted by Gasteiger charge is -2.18. The number of nitrogens with one attached hydrogen (secondary N) is 1. The van der Waals surface area contributed by atoms with Gasteiger partial charge in [-0.3, -0.25) is 9.89 Å². The lowest BCUT2D eigenvalue weighted by atomic mass is 10.1. The maximum Gasteiger partial charge on any atom is 0.257 e. The maximum absolute atomic E-state index is 12.5. The van der Waals surface area contributed by atoms with Gasteiger partial charge < -0.3 is 9.47 Å². The minimum atomic E-state index is -0.0505. The van der Waals surface area contributed by atoms with Crippen LogP contribution in [-0.4, -0.2) is 42.8 Å². The molecule has 0 aliphatic carbocycles. The molecule has 7 nitrogen and oxygen atoms in total. The van der Waals surface area contributed by atoms with Crippen LogP contribution in [0.5, 0.6) is 0 Å². The zero-order chi connectivity index (χ0) is 15.4. The van der Waals surface area contributed by atoms with Gasteiger partial charge in [-0.1, -0.05) is 13.3 Å². The first-order valence-electron chi connectivity index (χ1n) is 7.20. The Morgan fingerprint density at radius 2 is 2.24 bits per heavy atom. The molecule has 2 heterocycles. The van der Waals surface area contributed by atoms with Crippen LogP contribution < -0.4 is 0 Å². The molecule has 1 amide bonds. The highest BCUT2D eigenvalue weighted by Crippen LogP contribution is 2.13. The molecule has 1 N–H and O–H groups in total. The molecule has 0 atom stereocenters. The third kappa shape index (κ3) is 3.29. The number of carbonyl (C=O) groups excluding carboxylic acids is 1. The highest BCUT2D eigenvalue weighted by atomic mass is 16.2. The summed E-state index contributed by atoms with van der Waals surface area (Å²) >= 11 is 0. The molecule has 2 rings (SSSR count). The molecule has 2 aromatic rings. The molecule has 0 spiro atoms. The van der Waals surface area contributed by atoms with Gasteiger partial charge in [0.2, 0.25) is 0 Å². The van der Waals surface area contributed by atoms with Crippen molar-refractivity contribution in [2.45, 2.75) is 46.2 Å². The Morgan fingerprint density at radius 3 is 2.90 bits per heavy atom. The molecule has 0 aromatic carbocycles. The van der Waals surface area contributed by atoms with Crippen LogP contribution in [0.2, 0.25) is 0 Å². The molecule has 0 fully saturated rings. The SMILES string of the molecule is CCCc1[nH]ncc1C(=O)N(C)Cc1nncn1C(C)C. The van der Waals surface area contributed by atoms with E-state index in [0.29, 0.717) is 12.1 Å². The summed E-state index contributed by atoms with van der Waals surface area (Å²) in [5.41, 5.74) is 1.52. The van der Waals surface area contributed by atoms with E-state index in [2.05, 4.69) is 41.2 Å². The first-order valence-corrected chi connectivity index (χ1v) is 7.20. The quantitative estimate of drug-likeness (QED) is 0.880. The van der Waals surface area contributed by atoms with Crippen molar-refractivity contribution in [3.05, 3.63) is 29.6 Å². The van der Waals surface area contributed by atoms with Crippen LogP contribution in [0, 0.1) is 0 Å². The summed E-state index contributed by atoms with van der Waals surface area (Å²) in [4.78, 5) is 14.2. The molecule has 21 heavy (non-hydrogen) atoms. The van der Waals surface area contributed by atoms with E-state index in [4.69, 9.17) is 0 Å². The summed E-state index contributed by atoms with van der Waals surface area (Å²) in [6, 6.07) is 0.267. The summed E-state index contributed by atoms with van der Waals surface area (Å²) in [7, 11) is 1.77. The van der Waals surface area contributed by atoms with Crippen molar-refractivity contribution < 1.29 is 4.79 Å². The standard InChI is InChI=1S/C14H22N6O/c1-5-6-12-11(7-15-17-12)14(21)19(4)8-13-18-16-9-20(13)10(2)3/h7,9-10H,5-6,8H2,1-4H3,(H,15,17). The average Bonchev–Trinajstić information content (AvgIpc) is 3.07. The molecular weight excluding hydrogens is 268 g/mol. The number of carbonyl (C=O) groups is 1. The summed E-state index contributed by atoms with van der Waals surface area (Å²) in [6.07, 6.45) is 5.07. The monoisotopic (exact) mass is 290 g/mol. The fourth-order valence-corrected chi connectivity index (χ4v) is 2.24. The first kappa shape index (κ1) is 15.2. The largest absolute Gasteiger partial charge is 0.334 e. The Kier molecular flexibility index (Phi) is 4.72. The minimum absolute atomic E-state index is 0.0505. The molecule has 2 aromatic heterocycles. The van der Waals surface area contributed by atoms with Gasteiger partial charge in [0.05, 0.1) is 18.3 Å². The van der Waals surface area contributed by atoms with E-state index < -0.39 is 0 Å². The van der Waals surface area contributed by atoms with E-state index >= 15 is 0 Å². The van der Waals surface area contributed by atoms with Gasteiger partial charge in [-0.15, -0.1) is 10.2 Å². The number of rotatable bonds is 6. The number of hydrogen-bond acceptors (Lipinski definition) is 4. The molecular formula is C14H22N6O. The topological polar surface area (TPSA) is 79.7 Å². The smallest absolute Gasteiger partial charge is 0.257 e. The third-order valence-corrected chi connectivity index (χ3v) is 3.38. The molecule has 0 radical (unpaired) electrons. The van der Waals surface area contributed by atoms with Crippen molar-refractivity contribution in [1.82, 2.24) is 29.9 Å². The predicted molar refractivity (Wildman–Crippen MR) is 78.8 cm³/mol. The highest BCUT2D eigenvalue weighted by molar-refractivity contribution is 5.94. The second-order valence-corrected chi connectivity index (χ2v) is 5.42. The lowest BCUT2D eigenvalue weighted by molar-refractivity contribution is 0.0778. The van der Waals surface area contributed by atoms with Crippen LogP contribution >= 0.6 is 0 Å².